The van der Waals surface area contributed by atoms with E-state index in [4.69, 9.17) is 0 Å². The Morgan fingerprint density at radius 2 is 1.82 bits per heavy atom. The number of fused-ring (bicyclic) bond motifs is 1. The van der Waals surface area contributed by atoms with E-state index in [1.165, 1.54) is 10.5 Å². The number of anilines is 1. The maximum atomic E-state index is 13.0. The Hall–Kier alpha value is -2.37. The van der Waals surface area contributed by atoms with Gasteiger partial charge in [0, 0.05) is 25.2 Å². The number of rotatable bonds is 2. The summed E-state index contributed by atoms with van der Waals surface area (Å²) in [6.07, 6.45) is -5.91. The van der Waals surface area contributed by atoms with Crippen molar-refractivity contribution in [2.45, 2.75) is 31.1 Å². The summed E-state index contributed by atoms with van der Waals surface area (Å²) in [6, 6.07) is 2.19. The van der Waals surface area contributed by atoms with Crippen molar-refractivity contribution in [1.82, 2.24) is 19.6 Å². The van der Waals surface area contributed by atoms with Crippen molar-refractivity contribution >= 4 is 22.1 Å². The van der Waals surface area contributed by atoms with Gasteiger partial charge >= 0.3 is 12.4 Å². The fourth-order valence-electron chi connectivity index (χ4n) is 3.26. The van der Waals surface area contributed by atoms with Crippen molar-refractivity contribution in [2.24, 2.45) is 0 Å². The molecule has 1 atom stereocenters. The minimum Gasteiger partial charge on any atom is -0.347 e. The molecule has 0 N–H and O–H groups in total. The van der Waals surface area contributed by atoms with E-state index in [0.717, 1.165) is 18.5 Å². The molecule has 1 aliphatic heterocycles. The van der Waals surface area contributed by atoms with Gasteiger partial charge in [-0.05, 0) is 25.0 Å². The molecule has 1 unspecified atom stereocenters. The van der Waals surface area contributed by atoms with Crippen molar-refractivity contribution in [3.63, 3.8) is 0 Å². The van der Waals surface area contributed by atoms with Gasteiger partial charge < -0.3 is 4.90 Å². The Morgan fingerprint density at radius 3 is 2.50 bits per heavy atom. The van der Waals surface area contributed by atoms with Gasteiger partial charge in [0.1, 0.15) is 10.7 Å². The molecular weight excluding hydrogens is 408 g/mol. The number of thiazole rings is 1. The predicted molar refractivity (Wildman–Crippen MR) is 89.3 cm³/mol. The lowest BCUT2D eigenvalue weighted by Crippen LogP contribution is -2.35. The van der Waals surface area contributed by atoms with E-state index in [1.807, 2.05) is 0 Å². The Balaban J connectivity index is 1.62. The lowest BCUT2D eigenvalue weighted by atomic mass is 9.97. The molecule has 3 aromatic rings. The molecule has 0 saturated carbocycles. The lowest BCUT2D eigenvalue weighted by molar-refractivity contribution is -0.138. The molecule has 0 aromatic carbocycles. The number of halogens is 6. The molecule has 0 bridgehead atoms. The van der Waals surface area contributed by atoms with Crippen LogP contribution in [0.25, 0.3) is 5.65 Å². The summed E-state index contributed by atoms with van der Waals surface area (Å²) in [4.78, 5) is 4.79. The summed E-state index contributed by atoms with van der Waals surface area (Å²) in [5.41, 5.74) is -0.530. The maximum Gasteiger partial charge on any atom is 0.427 e. The van der Waals surface area contributed by atoms with Gasteiger partial charge in [-0.15, -0.1) is 10.2 Å². The van der Waals surface area contributed by atoms with Crippen LogP contribution in [-0.2, 0) is 12.4 Å². The van der Waals surface area contributed by atoms with E-state index in [0.29, 0.717) is 43.1 Å². The van der Waals surface area contributed by atoms with E-state index in [9.17, 15) is 26.3 Å². The van der Waals surface area contributed by atoms with Crippen LogP contribution in [0.3, 0.4) is 0 Å². The smallest absolute Gasteiger partial charge is 0.347 e. The van der Waals surface area contributed by atoms with Crippen molar-refractivity contribution in [3.05, 3.63) is 40.8 Å². The SMILES string of the molecule is FC(F)(F)c1ccc2nnc(C3CCCN(c4ncc(C(F)(F)F)s4)C3)n2c1. The number of hydrogen-bond donors (Lipinski definition) is 0. The summed E-state index contributed by atoms with van der Waals surface area (Å²) in [7, 11) is 0. The van der Waals surface area contributed by atoms with Gasteiger partial charge in [0.15, 0.2) is 10.8 Å². The fourth-order valence-corrected chi connectivity index (χ4v) is 4.08. The van der Waals surface area contributed by atoms with E-state index in [1.54, 1.807) is 4.90 Å². The second-order valence-electron chi connectivity index (χ2n) is 6.49. The molecule has 3 aromatic heterocycles. The molecule has 12 heteroatoms. The molecular formula is C16H13F6N5S. The van der Waals surface area contributed by atoms with Gasteiger partial charge in [-0.2, -0.15) is 26.3 Å². The zero-order chi connectivity index (χ0) is 20.1. The van der Waals surface area contributed by atoms with Gasteiger partial charge in [0.25, 0.3) is 0 Å². The zero-order valence-electron chi connectivity index (χ0n) is 14.1. The predicted octanol–water partition coefficient (Wildman–Crippen LogP) is 4.61. The molecule has 1 saturated heterocycles. The Morgan fingerprint density at radius 1 is 1.04 bits per heavy atom. The van der Waals surface area contributed by atoms with E-state index in [2.05, 4.69) is 15.2 Å². The molecule has 1 fully saturated rings. The first kappa shape index (κ1) is 19.0. The largest absolute Gasteiger partial charge is 0.427 e. The number of piperidine rings is 1. The zero-order valence-corrected chi connectivity index (χ0v) is 14.9. The second kappa shape index (κ2) is 6.61. The summed E-state index contributed by atoms with van der Waals surface area (Å²) >= 11 is 0.553. The topological polar surface area (TPSA) is 46.3 Å². The molecule has 0 spiro atoms. The molecule has 0 amide bonds. The van der Waals surface area contributed by atoms with Gasteiger partial charge in [-0.3, -0.25) is 4.40 Å². The number of hydrogen-bond acceptors (Lipinski definition) is 5. The Labute approximate surface area is 158 Å². The third kappa shape index (κ3) is 3.52. The average Bonchev–Trinajstić information content (AvgIpc) is 3.27. The second-order valence-corrected chi connectivity index (χ2v) is 7.50. The summed E-state index contributed by atoms with van der Waals surface area (Å²) in [5.74, 6) is 0.0869. The Kier molecular flexibility index (Phi) is 4.47. The normalized spacial score (nSPS) is 18.8. The fraction of sp³-hybridized carbons (Fsp3) is 0.438. The molecule has 150 valence electrons. The van der Waals surface area contributed by atoms with E-state index in [-0.39, 0.29) is 16.7 Å². The van der Waals surface area contributed by atoms with Crippen LogP contribution in [-0.4, -0.2) is 32.7 Å². The van der Waals surface area contributed by atoms with Crippen LogP contribution in [0.1, 0.15) is 35.0 Å². The number of pyridine rings is 1. The molecule has 0 radical (unpaired) electrons. The van der Waals surface area contributed by atoms with Gasteiger partial charge in [0.2, 0.25) is 0 Å². The van der Waals surface area contributed by atoms with Gasteiger partial charge in [-0.1, -0.05) is 11.3 Å². The van der Waals surface area contributed by atoms with Crippen LogP contribution < -0.4 is 4.90 Å². The third-order valence-electron chi connectivity index (χ3n) is 4.59. The van der Waals surface area contributed by atoms with E-state index < -0.39 is 22.8 Å². The van der Waals surface area contributed by atoms with Crippen LogP contribution in [0.4, 0.5) is 31.5 Å². The third-order valence-corrected chi connectivity index (χ3v) is 5.69. The highest BCUT2D eigenvalue weighted by Crippen LogP contribution is 2.38. The van der Waals surface area contributed by atoms with Crippen LogP contribution >= 0.6 is 11.3 Å². The summed E-state index contributed by atoms with van der Waals surface area (Å²) < 4.78 is 78.8. The number of nitrogens with zero attached hydrogens (tertiary/aromatic N) is 5. The van der Waals surface area contributed by atoms with Crippen LogP contribution in [0.5, 0.6) is 0 Å². The maximum absolute atomic E-state index is 13.0. The summed E-state index contributed by atoms with van der Waals surface area (Å²) in [5, 5.41) is 8.19. The molecule has 0 aliphatic carbocycles. The highest BCUT2D eigenvalue weighted by Gasteiger charge is 2.35. The molecule has 28 heavy (non-hydrogen) atoms. The van der Waals surface area contributed by atoms with Crippen molar-refractivity contribution in [1.29, 1.82) is 0 Å². The molecule has 1 aliphatic rings. The molecule has 4 rings (SSSR count). The number of aromatic nitrogens is 4. The first-order valence-electron chi connectivity index (χ1n) is 8.33. The first-order chi connectivity index (χ1) is 13.1. The standard InChI is InChI=1S/C16H13F6N5S/c17-15(18,19)10-3-4-12-24-25-13(27(12)8-10)9-2-1-5-26(7-9)14-23-6-11(28-14)16(20,21)22/h3-4,6,8-9H,1-2,5,7H2. The Bertz CT molecular complexity index is 991. The van der Waals surface area contributed by atoms with Crippen LogP contribution in [0.15, 0.2) is 24.5 Å². The number of alkyl halides is 6. The molecule has 5 nitrogen and oxygen atoms in total. The highest BCUT2D eigenvalue weighted by atomic mass is 32.1. The minimum absolute atomic E-state index is 0.238. The lowest BCUT2D eigenvalue weighted by Gasteiger charge is -2.31. The quantitative estimate of drug-likeness (QED) is 0.567. The van der Waals surface area contributed by atoms with E-state index >= 15 is 0 Å². The van der Waals surface area contributed by atoms with Crippen molar-refractivity contribution in [2.75, 3.05) is 18.0 Å². The van der Waals surface area contributed by atoms with Crippen LogP contribution in [0.2, 0.25) is 0 Å². The average molecular weight is 421 g/mol. The van der Waals surface area contributed by atoms with Gasteiger partial charge in [0.05, 0.1) is 11.8 Å². The highest BCUT2D eigenvalue weighted by molar-refractivity contribution is 7.15. The van der Waals surface area contributed by atoms with Gasteiger partial charge in [-0.25, -0.2) is 4.98 Å². The molecule has 4 heterocycles. The first-order valence-corrected chi connectivity index (χ1v) is 9.14. The van der Waals surface area contributed by atoms with Crippen LogP contribution in [0, 0.1) is 0 Å². The van der Waals surface area contributed by atoms with Crippen molar-refractivity contribution in [3.8, 4) is 0 Å². The minimum atomic E-state index is -4.50. The van der Waals surface area contributed by atoms with Crippen molar-refractivity contribution < 1.29 is 26.3 Å². The summed E-state index contributed by atoms with van der Waals surface area (Å²) in [6.45, 7) is 0.827. The monoisotopic (exact) mass is 421 g/mol.